The molecule has 0 unspecified atom stereocenters. The van der Waals surface area contributed by atoms with Gasteiger partial charge in [0.05, 0.1) is 9.88 Å². The number of carbonyl (C=O) groups is 1. The van der Waals surface area contributed by atoms with E-state index in [0.29, 0.717) is 15.4 Å². The van der Waals surface area contributed by atoms with Gasteiger partial charge in [0.2, 0.25) is 0 Å². The number of hydrogen-bond donors (Lipinski definition) is 1. The van der Waals surface area contributed by atoms with E-state index in [9.17, 15) is 18.7 Å². The lowest BCUT2D eigenvalue weighted by molar-refractivity contribution is 0.0692. The minimum absolute atomic E-state index is 0.0786. The molecule has 0 fully saturated rings. The number of halogens is 2. The fourth-order valence-corrected chi connectivity index (χ4v) is 2.80. The lowest BCUT2D eigenvalue weighted by Gasteiger charge is -2.03. The predicted octanol–water partition coefficient (Wildman–Crippen LogP) is 4.57. The average molecular weight is 297 g/mol. The molecule has 0 bridgehead atoms. The molecule has 0 atom stereocenters. The summed E-state index contributed by atoms with van der Waals surface area (Å²) in [5.41, 5.74) is 0.257. The van der Waals surface area contributed by atoms with Gasteiger partial charge in [-0.1, -0.05) is 32.0 Å². The molecule has 0 spiro atoms. The number of aromatic nitrogens is 1. The predicted molar refractivity (Wildman–Crippen MR) is 73.6 cm³/mol. The van der Waals surface area contributed by atoms with Gasteiger partial charge in [-0.25, -0.2) is 18.6 Å². The Hall–Kier alpha value is -1.82. The number of alkyl halides is 2. The molecule has 2 aromatic rings. The maximum Gasteiger partial charge on any atom is 0.356 e. The molecule has 1 heterocycles. The third-order valence-electron chi connectivity index (χ3n) is 2.74. The Balaban J connectivity index is 2.56. The normalized spacial score (nSPS) is 11.3. The SMILES string of the molecule is CC(C)c1nc(C(=O)O)c(-c2cccc(C(F)F)c2)s1. The van der Waals surface area contributed by atoms with Gasteiger partial charge in [0, 0.05) is 11.5 Å². The molecule has 0 aliphatic carbocycles. The zero-order valence-corrected chi connectivity index (χ0v) is 11.7. The first-order valence-corrected chi connectivity index (χ1v) is 6.84. The second-order valence-electron chi connectivity index (χ2n) is 4.62. The molecule has 0 aliphatic rings. The second-order valence-corrected chi connectivity index (χ2v) is 5.65. The van der Waals surface area contributed by atoms with E-state index in [4.69, 9.17) is 0 Å². The number of hydrogen-bond acceptors (Lipinski definition) is 3. The van der Waals surface area contributed by atoms with Gasteiger partial charge in [0.1, 0.15) is 0 Å². The van der Waals surface area contributed by atoms with Crippen molar-refractivity contribution < 1.29 is 18.7 Å². The van der Waals surface area contributed by atoms with Crippen LogP contribution in [0.4, 0.5) is 8.78 Å². The molecule has 2 rings (SSSR count). The topological polar surface area (TPSA) is 50.2 Å². The van der Waals surface area contributed by atoms with E-state index in [1.54, 1.807) is 6.07 Å². The fourth-order valence-electron chi connectivity index (χ4n) is 1.74. The Labute approximate surface area is 118 Å². The lowest BCUT2D eigenvalue weighted by atomic mass is 10.1. The smallest absolute Gasteiger partial charge is 0.356 e. The maximum atomic E-state index is 12.7. The molecule has 3 nitrogen and oxygen atoms in total. The molecule has 1 aromatic heterocycles. The Morgan fingerprint density at radius 1 is 1.35 bits per heavy atom. The molecule has 0 aliphatic heterocycles. The number of nitrogens with zero attached hydrogens (tertiary/aromatic N) is 1. The van der Waals surface area contributed by atoms with E-state index in [1.165, 1.54) is 29.5 Å². The van der Waals surface area contributed by atoms with Crippen LogP contribution in [-0.4, -0.2) is 16.1 Å². The summed E-state index contributed by atoms with van der Waals surface area (Å²) in [6.07, 6.45) is -2.58. The molecule has 1 aromatic carbocycles. The van der Waals surface area contributed by atoms with Crippen LogP contribution in [0.25, 0.3) is 10.4 Å². The van der Waals surface area contributed by atoms with Crippen molar-refractivity contribution in [3.63, 3.8) is 0 Å². The quantitative estimate of drug-likeness (QED) is 0.899. The molecule has 0 radical (unpaired) electrons. The van der Waals surface area contributed by atoms with E-state index >= 15 is 0 Å². The number of rotatable bonds is 4. The summed E-state index contributed by atoms with van der Waals surface area (Å²) >= 11 is 1.23. The summed E-state index contributed by atoms with van der Waals surface area (Å²) in [6.45, 7) is 3.81. The van der Waals surface area contributed by atoms with E-state index in [0.717, 1.165) is 0 Å². The van der Waals surface area contributed by atoms with E-state index in [-0.39, 0.29) is 17.2 Å². The van der Waals surface area contributed by atoms with Crippen LogP contribution in [0.15, 0.2) is 24.3 Å². The average Bonchev–Trinajstić information content (AvgIpc) is 2.84. The standard InChI is InChI=1S/C14H13F2NO2S/c1-7(2)13-17-10(14(18)19)11(20-13)8-4-3-5-9(6-8)12(15)16/h3-7,12H,1-2H3,(H,18,19). The number of carboxylic acid groups (broad SMARTS) is 1. The van der Waals surface area contributed by atoms with Crippen molar-refractivity contribution >= 4 is 17.3 Å². The van der Waals surface area contributed by atoms with Crippen molar-refractivity contribution in [2.24, 2.45) is 0 Å². The molecule has 20 heavy (non-hydrogen) atoms. The van der Waals surface area contributed by atoms with Crippen LogP contribution >= 0.6 is 11.3 Å². The van der Waals surface area contributed by atoms with Crippen molar-refractivity contribution in [2.75, 3.05) is 0 Å². The highest BCUT2D eigenvalue weighted by molar-refractivity contribution is 7.15. The summed E-state index contributed by atoms with van der Waals surface area (Å²) in [6, 6.07) is 5.75. The van der Waals surface area contributed by atoms with E-state index in [1.807, 2.05) is 13.8 Å². The van der Waals surface area contributed by atoms with Gasteiger partial charge in [-0.3, -0.25) is 0 Å². The Morgan fingerprint density at radius 2 is 2.05 bits per heavy atom. The summed E-state index contributed by atoms with van der Waals surface area (Å²) in [7, 11) is 0. The van der Waals surface area contributed by atoms with Crippen molar-refractivity contribution in [1.82, 2.24) is 4.98 Å². The first-order valence-electron chi connectivity index (χ1n) is 6.02. The maximum absolute atomic E-state index is 12.7. The van der Waals surface area contributed by atoms with E-state index in [2.05, 4.69) is 4.98 Å². The van der Waals surface area contributed by atoms with Crippen LogP contribution in [0.1, 0.15) is 47.3 Å². The van der Waals surface area contributed by atoms with Gasteiger partial charge >= 0.3 is 5.97 Å². The van der Waals surface area contributed by atoms with Crippen LogP contribution in [0, 0.1) is 0 Å². The Kier molecular flexibility index (Phi) is 4.13. The minimum Gasteiger partial charge on any atom is -0.476 e. The van der Waals surface area contributed by atoms with Crippen LogP contribution in [-0.2, 0) is 0 Å². The van der Waals surface area contributed by atoms with Crippen LogP contribution in [0.5, 0.6) is 0 Å². The molecule has 106 valence electrons. The lowest BCUT2D eigenvalue weighted by Crippen LogP contribution is -1.99. The Morgan fingerprint density at radius 3 is 2.60 bits per heavy atom. The third-order valence-corrected chi connectivity index (χ3v) is 4.15. The molecule has 1 N–H and O–H groups in total. The van der Waals surface area contributed by atoms with Crippen molar-refractivity contribution in [1.29, 1.82) is 0 Å². The number of aromatic carboxylic acids is 1. The molecular formula is C14H13F2NO2S. The first-order chi connectivity index (χ1) is 9.40. The number of benzene rings is 1. The van der Waals surface area contributed by atoms with Gasteiger partial charge in [0.15, 0.2) is 5.69 Å². The zero-order valence-electron chi connectivity index (χ0n) is 10.9. The third kappa shape index (κ3) is 2.85. The summed E-state index contributed by atoms with van der Waals surface area (Å²) in [4.78, 5) is 15.8. The molecule has 0 saturated heterocycles. The van der Waals surface area contributed by atoms with Crippen LogP contribution in [0.3, 0.4) is 0 Å². The fraction of sp³-hybridized carbons (Fsp3) is 0.286. The summed E-state index contributed by atoms with van der Waals surface area (Å²) in [5, 5.41) is 9.88. The molecule has 6 heteroatoms. The Bertz CT molecular complexity index is 638. The van der Waals surface area contributed by atoms with Gasteiger partial charge in [-0.05, 0) is 11.6 Å². The van der Waals surface area contributed by atoms with Gasteiger partial charge in [-0.2, -0.15) is 0 Å². The van der Waals surface area contributed by atoms with Crippen LogP contribution < -0.4 is 0 Å². The molecule has 0 saturated carbocycles. The summed E-state index contributed by atoms with van der Waals surface area (Å²) in [5.74, 6) is -1.06. The van der Waals surface area contributed by atoms with Crippen molar-refractivity contribution in [3.8, 4) is 10.4 Å². The molecular weight excluding hydrogens is 284 g/mol. The molecule has 0 amide bonds. The minimum atomic E-state index is -2.58. The highest BCUT2D eigenvalue weighted by Gasteiger charge is 2.21. The van der Waals surface area contributed by atoms with Crippen LogP contribution in [0.2, 0.25) is 0 Å². The first kappa shape index (κ1) is 14.6. The van der Waals surface area contributed by atoms with Gasteiger partial charge < -0.3 is 5.11 Å². The van der Waals surface area contributed by atoms with E-state index < -0.39 is 12.4 Å². The second kappa shape index (κ2) is 5.66. The number of carboxylic acids is 1. The summed E-state index contributed by atoms with van der Waals surface area (Å²) < 4.78 is 25.5. The zero-order chi connectivity index (χ0) is 14.9. The largest absolute Gasteiger partial charge is 0.476 e. The van der Waals surface area contributed by atoms with Gasteiger partial charge in [-0.15, -0.1) is 11.3 Å². The number of thiazole rings is 1. The monoisotopic (exact) mass is 297 g/mol. The highest BCUT2D eigenvalue weighted by Crippen LogP contribution is 2.35. The highest BCUT2D eigenvalue weighted by atomic mass is 32.1. The van der Waals surface area contributed by atoms with Gasteiger partial charge in [0.25, 0.3) is 6.43 Å². The van der Waals surface area contributed by atoms with Crippen molar-refractivity contribution in [3.05, 3.63) is 40.5 Å². The van der Waals surface area contributed by atoms with Crippen molar-refractivity contribution in [2.45, 2.75) is 26.2 Å².